The third-order valence-electron chi connectivity index (χ3n) is 3.54. The van der Waals surface area contributed by atoms with E-state index in [1.54, 1.807) is 0 Å². The summed E-state index contributed by atoms with van der Waals surface area (Å²) in [5.41, 5.74) is 2.45. The van der Waals surface area contributed by atoms with E-state index < -0.39 is 0 Å². The number of pyridine rings is 1. The highest BCUT2D eigenvalue weighted by molar-refractivity contribution is 5.42. The molecule has 0 amide bonds. The van der Waals surface area contributed by atoms with E-state index in [2.05, 4.69) is 36.2 Å². The van der Waals surface area contributed by atoms with Gasteiger partial charge in [0, 0.05) is 25.3 Å². The Labute approximate surface area is 111 Å². The summed E-state index contributed by atoms with van der Waals surface area (Å²) in [6.45, 7) is 7.55. The molecule has 0 atom stereocenters. The van der Waals surface area contributed by atoms with Gasteiger partial charge in [0.15, 0.2) is 0 Å². The number of hydrogen-bond donors (Lipinski definition) is 1. The Hall–Kier alpha value is -1.09. The minimum Gasteiger partial charge on any atom is -0.356 e. The summed E-state index contributed by atoms with van der Waals surface area (Å²) in [5.74, 6) is 2.07. The van der Waals surface area contributed by atoms with Crippen molar-refractivity contribution in [3.8, 4) is 0 Å². The number of nitrogens with one attached hydrogen (secondary N) is 1. The lowest BCUT2D eigenvalue weighted by molar-refractivity contribution is 0.696. The average Bonchev–Trinajstić information content (AvgIpc) is 3.15. The molecular formula is C15H25N3. The molecule has 0 radical (unpaired) electrons. The van der Waals surface area contributed by atoms with Crippen LogP contribution in [-0.4, -0.2) is 25.1 Å². The maximum atomic E-state index is 4.78. The molecule has 1 fully saturated rings. The Morgan fingerprint density at radius 3 is 2.72 bits per heavy atom. The quantitative estimate of drug-likeness (QED) is 0.803. The predicted octanol–water partition coefficient (Wildman–Crippen LogP) is 2.74. The van der Waals surface area contributed by atoms with Crippen molar-refractivity contribution in [1.29, 1.82) is 0 Å². The molecule has 3 heteroatoms. The van der Waals surface area contributed by atoms with Gasteiger partial charge >= 0.3 is 0 Å². The summed E-state index contributed by atoms with van der Waals surface area (Å²) in [5, 5.41) is 3.19. The second kappa shape index (κ2) is 6.19. The summed E-state index contributed by atoms with van der Waals surface area (Å²) < 4.78 is 0. The molecule has 1 heterocycles. The minimum absolute atomic E-state index is 0.898. The van der Waals surface area contributed by atoms with Crippen LogP contribution in [0.5, 0.6) is 0 Å². The van der Waals surface area contributed by atoms with E-state index in [0.29, 0.717) is 0 Å². The molecule has 1 aromatic rings. The monoisotopic (exact) mass is 247 g/mol. The fourth-order valence-electron chi connectivity index (χ4n) is 2.31. The van der Waals surface area contributed by atoms with Crippen LogP contribution < -0.4 is 10.2 Å². The Morgan fingerprint density at radius 2 is 2.17 bits per heavy atom. The maximum absolute atomic E-state index is 4.78. The molecule has 1 aliphatic rings. The van der Waals surface area contributed by atoms with Gasteiger partial charge in [-0.15, -0.1) is 0 Å². The van der Waals surface area contributed by atoms with Crippen molar-refractivity contribution in [2.24, 2.45) is 5.92 Å². The van der Waals surface area contributed by atoms with Crippen molar-refractivity contribution in [1.82, 2.24) is 10.3 Å². The lowest BCUT2D eigenvalue weighted by atomic mass is 10.2. The van der Waals surface area contributed by atoms with E-state index in [-0.39, 0.29) is 0 Å². The van der Waals surface area contributed by atoms with Gasteiger partial charge in [0.2, 0.25) is 0 Å². The first kappa shape index (κ1) is 13.3. The van der Waals surface area contributed by atoms with E-state index in [1.165, 1.54) is 31.4 Å². The lowest BCUT2D eigenvalue weighted by Crippen LogP contribution is -2.27. The molecule has 0 saturated heterocycles. The zero-order valence-electron chi connectivity index (χ0n) is 11.9. The van der Waals surface area contributed by atoms with Gasteiger partial charge in [-0.05, 0) is 50.8 Å². The first-order valence-corrected chi connectivity index (χ1v) is 7.10. The molecule has 100 valence electrons. The van der Waals surface area contributed by atoms with Crippen molar-refractivity contribution >= 4 is 5.82 Å². The molecule has 0 bridgehead atoms. The van der Waals surface area contributed by atoms with E-state index in [1.807, 2.05) is 7.05 Å². The standard InChI is InChI=1S/C15H25N3/c1-4-9-18(11-13-5-6-13)15-8-7-14(10-16-3)12(2)17-15/h7-8,13,16H,4-6,9-11H2,1-3H3. The van der Waals surface area contributed by atoms with Crippen LogP contribution in [0.3, 0.4) is 0 Å². The number of nitrogens with zero attached hydrogens (tertiary/aromatic N) is 2. The topological polar surface area (TPSA) is 28.2 Å². The summed E-state index contributed by atoms with van der Waals surface area (Å²) >= 11 is 0. The minimum atomic E-state index is 0.898. The number of aromatic nitrogens is 1. The molecule has 1 aromatic heterocycles. The van der Waals surface area contributed by atoms with E-state index in [4.69, 9.17) is 4.98 Å². The van der Waals surface area contributed by atoms with Gasteiger partial charge in [-0.2, -0.15) is 0 Å². The van der Waals surface area contributed by atoms with Gasteiger partial charge in [-0.25, -0.2) is 4.98 Å². The van der Waals surface area contributed by atoms with Crippen molar-refractivity contribution in [2.75, 3.05) is 25.0 Å². The summed E-state index contributed by atoms with van der Waals surface area (Å²) in [6, 6.07) is 4.39. The molecule has 1 saturated carbocycles. The molecule has 2 rings (SSSR count). The molecule has 1 aliphatic carbocycles. The summed E-state index contributed by atoms with van der Waals surface area (Å²) in [6.07, 6.45) is 3.99. The normalized spacial score (nSPS) is 14.8. The Balaban J connectivity index is 2.10. The average molecular weight is 247 g/mol. The van der Waals surface area contributed by atoms with Crippen molar-refractivity contribution in [3.63, 3.8) is 0 Å². The molecule has 0 aromatic carbocycles. The Kier molecular flexibility index (Phi) is 4.59. The van der Waals surface area contributed by atoms with Gasteiger partial charge in [-0.3, -0.25) is 0 Å². The zero-order valence-corrected chi connectivity index (χ0v) is 11.9. The highest BCUT2D eigenvalue weighted by Crippen LogP contribution is 2.31. The largest absolute Gasteiger partial charge is 0.356 e. The van der Waals surface area contributed by atoms with E-state index in [9.17, 15) is 0 Å². The van der Waals surface area contributed by atoms with Crippen LogP contribution in [0.2, 0.25) is 0 Å². The molecule has 0 unspecified atom stereocenters. The molecular weight excluding hydrogens is 222 g/mol. The van der Waals surface area contributed by atoms with Crippen LogP contribution in [0, 0.1) is 12.8 Å². The van der Waals surface area contributed by atoms with Gasteiger partial charge in [0.05, 0.1) is 0 Å². The highest BCUT2D eigenvalue weighted by Gasteiger charge is 2.24. The van der Waals surface area contributed by atoms with Crippen molar-refractivity contribution in [2.45, 2.75) is 39.7 Å². The molecule has 0 aliphatic heterocycles. The SMILES string of the molecule is CCCN(CC1CC1)c1ccc(CNC)c(C)n1. The fraction of sp³-hybridized carbons (Fsp3) is 0.667. The number of anilines is 1. The van der Waals surface area contributed by atoms with E-state index in [0.717, 1.165) is 30.5 Å². The number of rotatable bonds is 7. The second-order valence-corrected chi connectivity index (χ2v) is 5.33. The third-order valence-corrected chi connectivity index (χ3v) is 3.54. The molecule has 18 heavy (non-hydrogen) atoms. The van der Waals surface area contributed by atoms with Crippen LogP contribution in [0.15, 0.2) is 12.1 Å². The summed E-state index contributed by atoms with van der Waals surface area (Å²) in [4.78, 5) is 7.23. The van der Waals surface area contributed by atoms with Crippen LogP contribution in [0.25, 0.3) is 0 Å². The summed E-state index contributed by atoms with van der Waals surface area (Å²) in [7, 11) is 1.98. The predicted molar refractivity (Wildman–Crippen MR) is 77.0 cm³/mol. The Morgan fingerprint density at radius 1 is 1.39 bits per heavy atom. The Bertz CT molecular complexity index is 385. The van der Waals surface area contributed by atoms with Crippen LogP contribution >= 0.6 is 0 Å². The van der Waals surface area contributed by atoms with Crippen molar-refractivity contribution < 1.29 is 0 Å². The molecule has 0 spiro atoms. The maximum Gasteiger partial charge on any atom is 0.128 e. The molecule has 3 nitrogen and oxygen atoms in total. The van der Waals surface area contributed by atoms with Gasteiger partial charge in [0.25, 0.3) is 0 Å². The second-order valence-electron chi connectivity index (χ2n) is 5.33. The third kappa shape index (κ3) is 3.45. The fourth-order valence-corrected chi connectivity index (χ4v) is 2.31. The lowest BCUT2D eigenvalue weighted by Gasteiger charge is -2.24. The smallest absolute Gasteiger partial charge is 0.128 e. The van der Waals surface area contributed by atoms with Crippen LogP contribution in [0.1, 0.15) is 37.4 Å². The number of aryl methyl sites for hydroxylation is 1. The molecule has 1 N–H and O–H groups in total. The first-order valence-electron chi connectivity index (χ1n) is 7.10. The van der Waals surface area contributed by atoms with E-state index >= 15 is 0 Å². The van der Waals surface area contributed by atoms with Gasteiger partial charge in [-0.1, -0.05) is 13.0 Å². The van der Waals surface area contributed by atoms with Crippen LogP contribution in [0.4, 0.5) is 5.82 Å². The number of hydrogen-bond acceptors (Lipinski definition) is 3. The van der Waals surface area contributed by atoms with Crippen molar-refractivity contribution in [3.05, 3.63) is 23.4 Å². The first-order chi connectivity index (χ1) is 8.74. The van der Waals surface area contributed by atoms with Gasteiger partial charge in [0.1, 0.15) is 5.82 Å². The highest BCUT2D eigenvalue weighted by atomic mass is 15.2. The van der Waals surface area contributed by atoms with Crippen LogP contribution in [-0.2, 0) is 6.54 Å². The van der Waals surface area contributed by atoms with Gasteiger partial charge < -0.3 is 10.2 Å². The zero-order chi connectivity index (χ0) is 13.0.